The summed E-state index contributed by atoms with van der Waals surface area (Å²) in [6, 6.07) is 15.1. The number of fused-ring (bicyclic) bond motifs is 1. The first-order valence-electron chi connectivity index (χ1n) is 8.73. The van der Waals surface area contributed by atoms with E-state index in [2.05, 4.69) is 10.5 Å². The highest BCUT2D eigenvalue weighted by atomic mass is 16.7. The zero-order valence-electron chi connectivity index (χ0n) is 15.1. The summed E-state index contributed by atoms with van der Waals surface area (Å²) in [5.41, 5.74) is 3.81. The molecule has 0 bridgehead atoms. The van der Waals surface area contributed by atoms with Gasteiger partial charge in [-0.3, -0.25) is 4.79 Å². The molecular weight excluding hydrogens is 376 g/mol. The second kappa shape index (κ2) is 7.89. The zero-order valence-corrected chi connectivity index (χ0v) is 15.1. The molecule has 29 heavy (non-hydrogen) atoms. The van der Waals surface area contributed by atoms with Crippen molar-refractivity contribution >= 4 is 18.1 Å². The van der Waals surface area contributed by atoms with Gasteiger partial charge in [0.2, 0.25) is 12.7 Å². The lowest BCUT2D eigenvalue weighted by molar-refractivity contribution is -0.120. The van der Waals surface area contributed by atoms with Gasteiger partial charge < -0.3 is 19.0 Å². The summed E-state index contributed by atoms with van der Waals surface area (Å²) in [4.78, 5) is 23.4. The second-order valence-corrected chi connectivity index (χ2v) is 6.21. The average molecular weight is 392 g/mol. The average Bonchev–Trinajstić information content (AvgIpc) is 3.37. The van der Waals surface area contributed by atoms with Gasteiger partial charge in [0, 0.05) is 5.56 Å². The molecule has 0 fully saturated rings. The molecular formula is C21H16N2O6. The van der Waals surface area contributed by atoms with Crippen LogP contribution < -0.4 is 14.9 Å². The normalized spacial score (nSPS) is 12.3. The molecule has 146 valence electrons. The van der Waals surface area contributed by atoms with Gasteiger partial charge in [-0.1, -0.05) is 24.3 Å². The minimum absolute atomic E-state index is 0.128. The third-order valence-electron chi connectivity index (χ3n) is 4.23. The quantitative estimate of drug-likeness (QED) is 0.493. The fourth-order valence-electron chi connectivity index (χ4n) is 2.90. The number of rotatable bonds is 6. The summed E-state index contributed by atoms with van der Waals surface area (Å²) in [6.07, 6.45) is 1.48. The smallest absolute Gasteiger partial charge is 0.336 e. The van der Waals surface area contributed by atoms with Gasteiger partial charge >= 0.3 is 5.97 Å². The lowest BCUT2D eigenvalue weighted by atomic mass is 10.1. The van der Waals surface area contributed by atoms with E-state index < -0.39 is 5.97 Å². The summed E-state index contributed by atoms with van der Waals surface area (Å²) in [5.74, 6) is 0.708. The van der Waals surface area contributed by atoms with Gasteiger partial charge in [-0.25, -0.2) is 10.2 Å². The Kier molecular flexibility index (Phi) is 4.98. The highest BCUT2D eigenvalue weighted by molar-refractivity contribution is 5.95. The first kappa shape index (κ1) is 18.3. The van der Waals surface area contributed by atoms with Crippen molar-refractivity contribution in [3.8, 4) is 22.8 Å². The van der Waals surface area contributed by atoms with E-state index in [9.17, 15) is 14.7 Å². The third kappa shape index (κ3) is 4.11. The Morgan fingerprint density at radius 2 is 1.90 bits per heavy atom. The Hall–Kier alpha value is -4.07. The van der Waals surface area contributed by atoms with Crippen molar-refractivity contribution in [1.29, 1.82) is 0 Å². The topological polar surface area (TPSA) is 110 Å². The number of amides is 1. The monoisotopic (exact) mass is 392 g/mol. The summed E-state index contributed by atoms with van der Waals surface area (Å²) in [7, 11) is 0. The fraction of sp³-hybridized carbons (Fsp3) is 0.0952. The maximum atomic E-state index is 12.1. The summed E-state index contributed by atoms with van der Waals surface area (Å²) in [6.45, 7) is 0.178. The number of carbonyl (C=O) groups is 2. The number of benzene rings is 2. The second-order valence-electron chi connectivity index (χ2n) is 6.21. The van der Waals surface area contributed by atoms with E-state index >= 15 is 0 Å². The number of carboxylic acid groups (broad SMARTS) is 1. The van der Waals surface area contributed by atoms with E-state index in [4.69, 9.17) is 13.9 Å². The van der Waals surface area contributed by atoms with Gasteiger partial charge in [0.05, 0.1) is 18.2 Å². The number of carbonyl (C=O) groups excluding carboxylic acids is 1. The van der Waals surface area contributed by atoms with Crippen LogP contribution in [0.5, 0.6) is 11.5 Å². The van der Waals surface area contributed by atoms with Crippen molar-refractivity contribution in [3.05, 3.63) is 71.5 Å². The first-order valence-corrected chi connectivity index (χ1v) is 8.73. The molecule has 1 aliphatic heterocycles. The van der Waals surface area contributed by atoms with E-state index in [1.165, 1.54) is 12.3 Å². The van der Waals surface area contributed by atoms with E-state index in [0.717, 1.165) is 5.56 Å². The van der Waals surface area contributed by atoms with Gasteiger partial charge in [-0.05, 0) is 35.9 Å². The molecule has 1 aromatic heterocycles. The summed E-state index contributed by atoms with van der Waals surface area (Å²) < 4.78 is 16.1. The number of aromatic carboxylic acids is 1. The maximum Gasteiger partial charge on any atom is 0.336 e. The number of ether oxygens (including phenoxy) is 2. The van der Waals surface area contributed by atoms with Crippen molar-refractivity contribution < 1.29 is 28.6 Å². The zero-order chi connectivity index (χ0) is 20.2. The molecule has 0 atom stereocenters. The van der Waals surface area contributed by atoms with E-state index in [-0.39, 0.29) is 24.7 Å². The number of hydrazone groups is 1. The minimum Gasteiger partial charge on any atom is -0.478 e. The minimum atomic E-state index is -1.04. The first-order chi connectivity index (χ1) is 14.1. The number of nitrogens with zero attached hydrogens (tertiary/aromatic N) is 1. The SMILES string of the molecule is O=C(Cc1ccc2c(c1)OCO2)N/N=C\c1ccc(-c2ccccc2C(=O)O)o1. The number of nitrogens with one attached hydrogen (secondary N) is 1. The Morgan fingerprint density at radius 3 is 2.76 bits per heavy atom. The van der Waals surface area contributed by atoms with Gasteiger partial charge in [0.25, 0.3) is 0 Å². The standard InChI is InChI=1S/C21H16N2O6/c24-20(10-13-5-7-18-19(9-13)28-12-27-18)23-22-11-14-6-8-17(29-14)15-3-1-2-4-16(15)21(25)26/h1-9,11H,10,12H2,(H,23,24)(H,25,26)/b22-11-. The molecule has 2 heterocycles. The van der Waals surface area contributed by atoms with Crippen LogP contribution in [-0.4, -0.2) is 30.0 Å². The molecule has 0 spiro atoms. The van der Waals surface area contributed by atoms with Gasteiger partial charge in [-0.2, -0.15) is 5.10 Å². The van der Waals surface area contributed by atoms with E-state index in [0.29, 0.717) is 28.6 Å². The third-order valence-corrected chi connectivity index (χ3v) is 4.23. The molecule has 1 amide bonds. The van der Waals surface area contributed by atoms with Crippen LogP contribution in [0.15, 0.2) is 64.1 Å². The van der Waals surface area contributed by atoms with Crippen molar-refractivity contribution in [2.45, 2.75) is 6.42 Å². The molecule has 2 aromatic carbocycles. The molecule has 4 rings (SSSR count). The van der Waals surface area contributed by atoms with Crippen LogP contribution >= 0.6 is 0 Å². The Morgan fingerprint density at radius 1 is 1.07 bits per heavy atom. The van der Waals surface area contributed by atoms with Gasteiger partial charge in [0.1, 0.15) is 11.5 Å². The molecule has 0 saturated heterocycles. The molecule has 0 unspecified atom stereocenters. The Labute approximate surface area is 165 Å². The largest absolute Gasteiger partial charge is 0.478 e. The molecule has 3 aromatic rings. The molecule has 1 aliphatic rings. The van der Waals surface area contributed by atoms with Crippen molar-refractivity contribution in [2.24, 2.45) is 5.10 Å². The van der Waals surface area contributed by atoms with Crippen LogP contribution in [0.25, 0.3) is 11.3 Å². The summed E-state index contributed by atoms with van der Waals surface area (Å²) in [5, 5.41) is 13.2. The number of carboxylic acids is 1. The number of hydrogen-bond acceptors (Lipinski definition) is 6. The molecule has 0 radical (unpaired) electrons. The lowest BCUT2D eigenvalue weighted by Gasteiger charge is -2.02. The highest BCUT2D eigenvalue weighted by Crippen LogP contribution is 2.32. The maximum absolute atomic E-state index is 12.1. The van der Waals surface area contributed by atoms with E-state index in [1.54, 1.807) is 48.5 Å². The molecule has 8 heteroatoms. The van der Waals surface area contributed by atoms with Crippen LogP contribution in [0.3, 0.4) is 0 Å². The van der Waals surface area contributed by atoms with Crippen LogP contribution in [0.4, 0.5) is 0 Å². The Bertz CT molecular complexity index is 1100. The number of furan rings is 1. The molecule has 0 aliphatic carbocycles. The van der Waals surface area contributed by atoms with Crippen molar-refractivity contribution in [3.63, 3.8) is 0 Å². The molecule has 8 nitrogen and oxygen atoms in total. The highest BCUT2D eigenvalue weighted by Gasteiger charge is 2.15. The fourth-order valence-corrected chi connectivity index (χ4v) is 2.90. The summed E-state index contributed by atoms with van der Waals surface area (Å²) >= 11 is 0. The predicted octanol–water partition coefficient (Wildman–Crippen LogP) is 3.07. The van der Waals surface area contributed by atoms with Crippen molar-refractivity contribution in [2.75, 3.05) is 6.79 Å². The van der Waals surface area contributed by atoms with Crippen LogP contribution in [0, 0.1) is 0 Å². The van der Waals surface area contributed by atoms with Crippen LogP contribution in [-0.2, 0) is 11.2 Å². The van der Waals surface area contributed by atoms with Gasteiger partial charge in [0.15, 0.2) is 11.5 Å². The lowest BCUT2D eigenvalue weighted by Crippen LogP contribution is -2.19. The molecule has 0 saturated carbocycles. The number of hydrogen-bond donors (Lipinski definition) is 2. The predicted molar refractivity (Wildman–Crippen MR) is 103 cm³/mol. The Balaban J connectivity index is 1.38. The van der Waals surface area contributed by atoms with Gasteiger partial charge in [-0.15, -0.1) is 0 Å². The van der Waals surface area contributed by atoms with Crippen molar-refractivity contribution in [1.82, 2.24) is 5.43 Å². The van der Waals surface area contributed by atoms with Crippen LogP contribution in [0.1, 0.15) is 21.7 Å². The van der Waals surface area contributed by atoms with E-state index in [1.807, 2.05) is 0 Å². The molecule has 2 N–H and O–H groups in total. The van der Waals surface area contributed by atoms with Crippen LogP contribution in [0.2, 0.25) is 0 Å².